The number of benzene rings is 2. The number of anilines is 2. The number of nitrogens with zero attached hydrogens (tertiary/aromatic N) is 2. The summed E-state index contributed by atoms with van der Waals surface area (Å²) < 4.78 is 14.0. The average molecular weight is 269 g/mol. The molecule has 1 N–H and O–H groups in total. The predicted octanol–water partition coefficient (Wildman–Crippen LogP) is 3.38. The summed E-state index contributed by atoms with van der Waals surface area (Å²) in [5, 5.41) is 12.0. The fourth-order valence-corrected chi connectivity index (χ4v) is 2.01. The van der Waals surface area contributed by atoms with Gasteiger partial charge in [0, 0.05) is 26.2 Å². The summed E-state index contributed by atoms with van der Waals surface area (Å²) in [5.74, 6) is -0.454. The van der Waals surface area contributed by atoms with E-state index in [1.54, 1.807) is 12.1 Å². The van der Waals surface area contributed by atoms with E-state index in [1.165, 1.54) is 6.07 Å². The molecular formula is C16H16FN3. The SMILES string of the molecule is CN(C)c1ccccc1NCc1cccc(C#N)c1F. The van der Waals surface area contributed by atoms with Gasteiger partial charge < -0.3 is 10.2 Å². The Labute approximate surface area is 118 Å². The van der Waals surface area contributed by atoms with E-state index in [0.29, 0.717) is 12.1 Å². The van der Waals surface area contributed by atoms with Crippen LogP contribution in [0.5, 0.6) is 0 Å². The van der Waals surface area contributed by atoms with Gasteiger partial charge in [0.2, 0.25) is 0 Å². The van der Waals surface area contributed by atoms with Gasteiger partial charge in [-0.25, -0.2) is 4.39 Å². The number of hydrogen-bond donors (Lipinski definition) is 1. The smallest absolute Gasteiger partial charge is 0.145 e. The third-order valence-corrected chi connectivity index (χ3v) is 3.05. The Morgan fingerprint density at radius 3 is 2.60 bits per heavy atom. The van der Waals surface area contributed by atoms with Crippen molar-refractivity contribution in [3.8, 4) is 6.07 Å². The van der Waals surface area contributed by atoms with E-state index < -0.39 is 5.82 Å². The Morgan fingerprint density at radius 1 is 1.15 bits per heavy atom. The maximum absolute atomic E-state index is 14.0. The topological polar surface area (TPSA) is 39.1 Å². The van der Waals surface area contributed by atoms with Crippen LogP contribution < -0.4 is 10.2 Å². The lowest BCUT2D eigenvalue weighted by molar-refractivity contribution is 0.609. The lowest BCUT2D eigenvalue weighted by Gasteiger charge is -2.18. The maximum atomic E-state index is 14.0. The Kier molecular flexibility index (Phi) is 4.21. The lowest BCUT2D eigenvalue weighted by Crippen LogP contribution is -2.12. The van der Waals surface area contributed by atoms with Gasteiger partial charge in [-0.2, -0.15) is 5.26 Å². The second-order valence-corrected chi connectivity index (χ2v) is 4.66. The van der Waals surface area contributed by atoms with E-state index in [4.69, 9.17) is 5.26 Å². The van der Waals surface area contributed by atoms with Crippen LogP contribution in [0, 0.1) is 17.1 Å². The van der Waals surface area contributed by atoms with Crippen LogP contribution in [-0.2, 0) is 6.54 Å². The molecule has 0 fully saturated rings. The minimum absolute atomic E-state index is 0.0743. The molecule has 0 aromatic heterocycles. The first-order valence-corrected chi connectivity index (χ1v) is 6.31. The van der Waals surface area contributed by atoms with Gasteiger partial charge in [-0.15, -0.1) is 0 Å². The van der Waals surface area contributed by atoms with Gasteiger partial charge >= 0.3 is 0 Å². The lowest BCUT2D eigenvalue weighted by atomic mass is 10.1. The van der Waals surface area contributed by atoms with Gasteiger partial charge in [-0.1, -0.05) is 24.3 Å². The maximum Gasteiger partial charge on any atom is 0.145 e. The quantitative estimate of drug-likeness (QED) is 0.924. The van der Waals surface area contributed by atoms with E-state index in [9.17, 15) is 4.39 Å². The van der Waals surface area contributed by atoms with E-state index in [2.05, 4.69) is 5.32 Å². The van der Waals surface area contributed by atoms with Crippen LogP contribution in [0.4, 0.5) is 15.8 Å². The third-order valence-electron chi connectivity index (χ3n) is 3.05. The summed E-state index contributed by atoms with van der Waals surface area (Å²) in [6, 6.07) is 14.5. The Bertz CT molecular complexity index is 644. The van der Waals surface area contributed by atoms with Gasteiger partial charge in [0.1, 0.15) is 11.9 Å². The molecule has 0 amide bonds. The van der Waals surface area contributed by atoms with Crippen molar-refractivity contribution in [2.75, 3.05) is 24.3 Å². The molecule has 0 unspecified atom stereocenters. The highest BCUT2D eigenvalue weighted by atomic mass is 19.1. The molecule has 2 aromatic carbocycles. The second kappa shape index (κ2) is 6.07. The normalized spacial score (nSPS) is 9.90. The Hall–Kier alpha value is -2.54. The molecule has 0 heterocycles. The van der Waals surface area contributed by atoms with Crippen molar-refractivity contribution in [1.29, 1.82) is 5.26 Å². The van der Waals surface area contributed by atoms with Gasteiger partial charge in [0.05, 0.1) is 16.9 Å². The number of nitrogens with one attached hydrogen (secondary N) is 1. The first-order chi connectivity index (χ1) is 9.63. The zero-order valence-corrected chi connectivity index (χ0v) is 11.5. The number of nitriles is 1. The van der Waals surface area contributed by atoms with Crippen molar-refractivity contribution in [3.63, 3.8) is 0 Å². The van der Waals surface area contributed by atoms with Crippen LogP contribution >= 0.6 is 0 Å². The van der Waals surface area contributed by atoms with Crippen LogP contribution in [0.2, 0.25) is 0 Å². The van der Waals surface area contributed by atoms with Crippen molar-refractivity contribution in [2.45, 2.75) is 6.54 Å². The molecule has 0 saturated heterocycles. The third kappa shape index (κ3) is 2.89. The minimum Gasteiger partial charge on any atom is -0.379 e. The van der Waals surface area contributed by atoms with Crippen LogP contribution in [0.1, 0.15) is 11.1 Å². The number of halogens is 1. The molecule has 0 radical (unpaired) electrons. The molecule has 2 rings (SSSR count). The fourth-order valence-electron chi connectivity index (χ4n) is 2.01. The van der Waals surface area contributed by atoms with Crippen molar-refractivity contribution in [1.82, 2.24) is 0 Å². The van der Waals surface area contributed by atoms with E-state index in [0.717, 1.165) is 11.4 Å². The molecule has 0 spiro atoms. The Morgan fingerprint density at radius 2 is 1.90 bits per heavy atom. The summed E-state index contributed by atoms with van der Waals surface area (Å²) in [5.41, 5.74) is 2.52. The largest absolute Gasteiger partial charge is 0.379 e. The zero-order chi connectivity index (χ0) is 14.5. The van der Waals surface area contributed by atoms with Gasteiger partial charge in [-0.05, 0) is 18.2 Å². The van der Waals surface area contributed by atoms with Crippen molar-refractivity contribution in [2.24, 2.45) is 0 Å². The fraction of sp³-hybridized carbons (Fsp3) is 0.188. The van der Waals surface area contributed by atoms with Gasteiger partial charge in [0.15, 0.2) is 0 Å². The molecule has 0 aliphatic rings. The van der Waals surface area contributed by atoms with Crippen molar-refractivity contribution >= 4 is 11.4 Å². The molecule has 0 aliphatic heterocycles. The molecule has 0 aliphatic carbocycles. The summed E-state index contributed by atoms with van der Waals surface area (Å²) in [6.45, 7) is 0.339. The molecule has 20 heavy (non-hydrogen) atoms. The summed E-state index contributed by atoms with van der Waals surface area (Å²) in [7, 11) is 3.91. The highest BCUT2D eigenvalue weighted by molar-refractivity contribution is 5.69. The first-order valence-electron chi connectivity index (χ1n) is 6.31. The summed E-state index contributed by atoms with van der Waals surface area (Å²) in [4.78, 5) is 1.99. The van der Waals surface area contributed by atoms with Crippen LogP contribution in [-0.4, -0.2) is 14.1 Å². The van der Waals surface area contributed by atoms with E-state index >= 15 is 0 Å². The molecule has 0 atom stereocenters. The number of para-hydroxylation sites is 2. The zero-order valence-electron chi connectivity index (χ0n) is 11.5. The van der Waals surface area contributed by atoms with Gasteiger partial charge in [-0.3, -0.25) is 0 Å². The number of hydrogen-bond acceptors (Lipinski definition) is 3. The monoisotopic (exact) mass is 269 g/mol. The summed E-state index contributed by atoms with van der Waals surface area (Å²) >= 11 is 0. The molecule has 102 valence electrons. The predicted molar refractivity (Wildman–Crippen MR) is 79.2 cm³/mol. The molecule has 4 heteroatoms. The molecule has 0 saturated carbocycles. The molecule has 0 bridgehead atoms. The van der Waals surface area contributed by atoms with Crippen LogP contribution in [0.25, 0.3) is 0 Å². The molecule has 3 nitrogen and oxygen atoms in total. The van der Waals surface area contributed by atoms with Gasteiger partial charge in [0.25, 0.3) is 0 Å². The standard InChI is InChI=1S/C16H16FN3/c1-20(2)15-9-4-3-8-14(15)19-11-13-7-5-6-12(10-18)16(13)17/h3-9,19H,11H2,1-2H3. The highest BCUT2D eigenvalue weighted by Gasteiger charge is 2.08. The highest BCUT2D eigenvalue weighted by Crippen LogP contribution is 2.24. The van der Waals surface area contributed by atoms with Crippen LogP contribution in [0.3, 0.4) is 0 Å². The number of rotatable bonds is 4. The second-order valence-electron chi connectivity index (χ2n) is 4.66. The molecule has 2 aromatic rings. The van der Waals surface area contributed by atoms with Crippen LogP contribution in [0.15, 0.2) is 42.5 Å². The van der Waals surface area contributed by atoms with Crippen molar-refractivity contribution < 1.29 is 4.39 Å². The molecular weight excluding hydrogens is 253 g/mol. The van der Waals surface area contributed by atoms with E-state index in [1.807, 2.05) is 49.3 Å². The van der Waals surface area contributed by atoms with E-state index in [-0.39, 0.29) is 5.56 Å². The average Bonchev–Trinajstić information content (AvgIpc) is 2.46. The minimum atomic E-state index is -0.454. The Balaban J connectivity index is 2.20. The first kappa shape index (κ1) is 13.9. The van der Waals surface area contributed by atoms with Crippen molar-refractivity contribution in [3.05, 3.63) is 59.4 Å². The summed E-state index contributed by atoms with van der Waals surface area (Å²) in [6.07, 6.45) is 0.